The molecule has 0 radical (unpaired) electrons. The fourth-order valence-electron chi connectivity index (χ4n) is 0.723. The summed E-state index contributed by atoms with van der Waals surface area (Å²) >= 11 is 12.8. The summed E-state index contributed by atoms with van der Waals surface area (Å²) in [6.45, 7) is 0.672. The molecule has 0 spiro atoms. The van der Waals surface area contributed by atoms with Crippen molar-refractivity contribution in [2.45, 2.75) is 12.8 Å². The Hall–Kier alpha value is 0.170. The Balaban J connectivity index is 2.62. The molecule has 62 valence electrons. The molecule has 1 heterocycles. The zero-order valence-corrected chi connectivity index (χ0v) is 8.14. The first-order valence-corrected chi connectivity index (χ1v) is 4.82. The zero-order chi connectivity index (χ0) is 8.27. The van der Waals surface area contributed by atoms with Crippen LogP contribution in [0.5, 0.6) is 0 Å². The quantitative estimate of drug-likeness (QED) is 0.833. The third-order valence-corrected chi connectivity index (χ3v) is 2.88. The average Bonchev–Trinajstić information content (AvgIpc) is 2.26. The highest BCUT2D eigenvalue weighted by Gasteiger charge is 2.05. The number of hydrogen-bond acceptors (Lipinski definition) is 3. The summed E-state index contributed by atoms with van der Waals surface area (Å²) in [6.07, 6.45) is 1.80. The molecule has 0 aliphatic rings. The fraction of sp³-hybridized carbons (Fsp3) is 0.500. The van der Waals surface area contributed by atoms with Crippen molar-refractivity contribution in [3.8, 4) is 0 Å². The van der Waals surface area contributed by atoms with Crippen molar-refractivity contribution >= 4 is 34.5 Å². The number of rotatable bonds is 3. The first-order valence-electron chi connectivity index (χ1n) is 3.25. The number of hydrogen-bond donors (Lipinski definition) is 1. The molecule has 1 aromatic rings. The highest BCUT2D eigenvalue weighted by molar-refractivity contribution is 7.16. The van der Waals surface area contributed by atoms with E-state index in [1.165, 1.54) is 11.3 Å². The van der Waals surface area contributed by atoms with E-state index in [1.54, 1.807) is 0 Å². The predicted octanol–water partition coefficient (Wildman–Crippen LogP) is 2.34. The van der Waals surface area contributed by atoms with Crippen LogP contribution in [-0.2, 0) is 6.42 Å². The summed E-state index contributed by atoms with van der Waals surface area (Å²) in [5.74, 6) is 0. The molecule has 1 aromatic heterocycles. The van der Waals surface area contributed by atoms with E-state index in [9.17, 15) is 0 Å². The third kappa shape index (κ3) is 2.60. The van der Waals surface area contributed by atoms with Gasteiger partial charge in [0.2, 0.25) is 0 Å². The molecule has 0 bridgehead atoms. The van der Waals surface area contributed by atoms with Gasteiger partial charge in [-0.3, -0.25) is 0 Å². The highest BCUT2D eigenvalue weighted by atomic mass is 35.5. The lowest BCUT2D eigenvalue weighted by molar-refractivity contribution is 0.841. The molecule has 0 amide bonds. The van der Waals surface area contributed by atoms with Gasteiger partial charge in [0.05, 0.1) is 0 Å². The first-order chi connectivity index (χ1) is 5.24. The molecule has 0 unspecified atom stereocenters. The van der Waals surface area contributed by atoms with E-state index < -0.39 is 0 Å². The van der Waals surface area contributed by atoms with Crippen LogP contribution >= 0.6 is 34.5 Å². The molecule has 1 rings (SSSR count). The second-order valence-electron chi connectivity index (χ2n) is 2.07. The van der Waals surface area contributed by atoms with Gasteiger partial charge in [0, 0.05) is 4.88 Å². The topological polar surface area (TPSA) is 38.9 Å². The molecule has 0 saturated carbocycles. The van der Waals surface area contributed by atoms with Crippen molar-refractivity contribution in [3.63, 3.8) is 0 Å². The maximum atomic E-state index is 5.75. The van der Waals surface area contributed by atoms with Crippen LogP contribution in [-0.4, -0.2) is 11.5 Å². The largest absolute Gasteiger partial charge is 0.330 e. The van der Waals surface area contributed by atoms with Crippen molar-refractivity contribution in [1.29, 1.82) is 0 Å². The van der Waals surface area contributed by atoms with Crippen LogP contribution in [0.3, 0.4) is 0 Å². The maximum absolute atomic E-state index is 5.75. The van der Waals surface area contributed by atoms with Gasteiger partial charge in [-0.15, -0.1) is 11.3 Å². The Morgan fingerprint density at radius 2 is 2.18 bits per heavy atom. The minimum Gasteiger partial charge on any atom is -0.330 e. The number of nitrogens with zero attached hydrogens (tertiary/aromatic N) is 1. The monoisotopic (exact) mass is 210 g/mol. The van der Waals surface area contributed by atoms with Crippen molar-refractivity contribution in [1.82, 2.24) is 4.98 Å². The van der Waals surface area contributed by atoms with Crippen LogP contribution in [0.25, 0.3) is 0 Å². The van der Waals surface area contributed by atoms with E-state index in [-0.39, 0.29) is 0 Å². The molecule has 0 aromatic carbocycles. The van der Waals surface area contributed by atoms with Crippen LogP contribution < -0.4 is 5.73 Å². The second-order valence-corrected chi connectivity index (χ2v) is 4.10. The Bertz CT molecular complexity index is 236. The molecule has 0 saturated heterocycles. The second kappa shape index (κ2) is 4.26. The van der Waals surface area contributed by atoms with Crippen molar-refractivity contribution in [2.75, 3.05) is 6.54 Å². The van der Waals surface area contributed by atoms with Gasteiger partial charge in [0.1, 0.15) is 5.15 Å². The molecular formula is C6H8Cl2N2S. The van der Waals surface area contributed by atoms with Gasteiger partial charge < -0.3 is 5.73 Å². The molecule has 0 aliphatic heterocycles. The molecule has 0 fully saturated rings. The van der Waals surface area contributed by atoms with Crippen LogP contribution in [0.2, 0.25) is 9.62 Å². The smallest absolute Gasteiger partial charge is 0.185 e. The Kier molecular flexibility index (Phi) is 3.59. The summed E-state index contributed by atoms with van der Waals surface area (Å²) < 4.78 is 0.502. The Morgan fingerprint density at radius 3 is 2.64 bits per heavy atom. The minimum absolute atomic E-state index is 0.502. The summed E-state index contributed by atoms with van der Waals surface area (Å²) in [4.78, 5) is 4.90. The lowest BCUT2D eigenvalue weighted by Crippen LogP contribution is -1.99. The SMILES string of the molecule is NCCCc1sc(Cl)nc1Cl. The summed E-state index contributed by atoms with van der Waals surface area (Å²) in [7, 11) is 0. The standard InChI is InChI=1S/C6H8Cl2N2S/c7-5-4(2-1-3-9)11-6(8)10-5/h1-3,9H2. The van der Waals surface area contributed by atoms with Crippen LogP contribution in [0.1, 0.15) is 11.3 Å². The Labute approximate surface area is 79.3 Å². The van der Waals surface area contributed by atoms with E-state index in [1.807, 2.05) is 0 Å². The van der Waals surface area contributed by atoms with Crippen LogP contribution in [0.4, 0.5) is 0 Å². The molecule has 0 atom stereocenters. The van der Waals surface area contributed by atoms with Crippen LogP contribution in [0.15, 0.2) is 0 Å². The van der Waals surface area contributed by atoms with Crippen LogP contribution in [0, 0.1) is 0 Å². The van der Waals surface area contributed by atoms with Crippen molar-refractivity contribution in [2.24, 2.45) is 5.73 Å². The summed E-state index contributed by atoms with van der Waals surface area (Å²) in [6, 6.07) is 0. The predicted molar refractivity (Wildman–Crippen MR) is 49.5 cm³/mol. The van der Waals surface area contributed by atoms with E-state index in [4.69, 9.17) is 28.9 Å². The number of halogens is 2. The average molecular weight is 211 g/mol. The molecule has 0 aliphatic carbocycles. The van der Waals surface area contributed by atoms with Gasteiger partial charge >= 0.3 is 0 Å². The lowest BCUT2D eigenvalue weighted by Gasteiger charge is -1.92. The van der Waals surface area contributed by atoms with E-state index in [2.05, 4.69) is 4.98 Å². The minimum atomic E-state index is 0.502. The van der Waals surface area contributed by atoms with Gasteiger partial charge in [-0.1, -0.05) is 23.2 Å². The lowest BCUT2D eigenvalue weighted by atomic mass is 10.3. The Morgan fingerprint density at radius 1 is 1.45 bits per heavy atom. The van der Waals surface area contributed by atoms with Gasteiger partial charge in [-0.2, -0.15) is 0 Å². The van der Waals surface area contributed by atoms with Gasteiger partial charge in [-0.25, -0.2) is 4.98 Å². The normalized spacial score (nSPS) is 10.5. The summed E-state index contributed by atoms with van der Waals surface area (Å²) in [5.41, 5.74) is 5.34. The number of aryl methyl sites for hydroxylation is 1. The summed E-state index contributed by atoms with van der Waals surface area (Å²) in [5, 5.41) is 0.522. The first kappa shape index (κ1) is 9.26. The van der Waals surface area contributed by atoms with Gasteiger partial charge in [0.15, 0.2) is 4.47 Å². The van der Waals surface area contributed by atoms with E-state index in [0.29, 0.717) is 16.2 Å². The highest BCUT2D eigenvalue weighted by Crippen LogP contribution is 2.27. The maximum Gasteiger partial charge on any atom is 0.185 e. The van der Waals surface area contributed by atoms with E-state index >= 15 is 0 Å². The molecule has 5 heteroatoms. The van der Waals surface area contributed by atoms with Crippen molar-refractivity contribution in [3.05, 3.63) is 14.5 Å². The molecule has 2 N–H and O–H groups in total. The van der Waals surface area contributed by atoms with Gasteiger partial charge in [0.25, 0.3) is 0 Å². The number of aromatic nitrogens is 1. The molecule has 2 nitrogen and oxygen atoms in total. The third-order valence-electron chi connectivity index (χ3n) is 1.23. The number of nitrogens with two attached hydrogens (primary N) is 1. The molecular weight excluding hydrogens is 203 g/mol. The number of thiazole rings is 1. The fourth-order valence-corrected chi connectivity index (χ4v) is 2.19. The van der Waals surface area contributed by atoms with Crippen molar-refractivity contribution < 1.29 is 0 Å². The van der Waals surface area contributed by atoms with E-state index in [0.717, 1.165) is 17.7 Å². The zero-order valence-electron chi connectivity index (χ0n) is 5.81. The molecule has 11 heavy (non-hydrogen) atoms. The van der Waals surface area contributed by atoms with Gasteiger partial charge in [-0.05, 0) is 19.4 Å².